The first-order chi connectivity index (χ1) is 15.4. The predicted molar refractivity (Wildman–Crippen MR) is 133 cm³/mol. The molecular weight excluding hydrogens is 465 g/mol. The molecule has 8 heteroatoms. The van der Waals surface area contributed by atoms with E-state index in [4.69, 9.17) is 23.2 Å². The van der Waals surface area contributed by atoms with Crippen LogP contribution < -0.4 is 4.31 Å². The Bertz CT molecular complexity index is 1370. The fourth-order valence-electron chi connectivity index (χ4n) is 3.51. The standard InChI is InChI=1S/C24H21Cl2N3O2S/c1-2-13-29(32(30,31)14-12-17-6-4-3-5-7-17)23-11-9-18(25)15-20(23)24-27-21-10-8-19(26)16-22(21)28-24/h2-11,15-16H,1,12-14H2,(H,27,28). The molecule has 0 amide bonds. The molecule has 0 aliphatic rings. The van der Waals surface area contributed by atoms with Crippen molar-refractivity contribution in [3.05, 3.63) is 95.0 Å². The van der Waals surface area contributed by atoms with E-state index in [1.807, 2.05) is 30.3 Å². The zero-order valence-electron chi connectivity index (χ0n) is 17.1. The number of H-pyrrole nitrogens is 1. The zero-order valence-corrected chi connectivity index (χ0v) is 19.5. The maximum Gasteiger partial charge on any atom is 0.235 e. The van der Waals surface area contributed by atoms with Crippen molar-refractivity contribution in [2.24, 2.45) is 0 Å². The molecule has 0 radical (unpaired) electrons. The lowest BCUT2D eigenvalue weighted by atomic mass is 10.1. The van der Waals surface area contributed by atoms with E-state index in [1.54, 1.807) is 42.5 Å². The maximum atomic E-state index is 13.4. The van der Waals surface area contributed by atoms with Crippen molar-refractivity contribution >= 4 is 49.9 Å². The number of aromatic amines is 1. The van der Waals surface area contributed by atoms with Crippen molar-refractivity contribution < 1.29 is 8.42 Å². The third-order valence-corrected chi connectivity index (χ3v) is 7.26. The number of aryl methyl sites for hydroxylation is 1. The highest BCUT2D eigenvalue weighted by atomic mass is 35.5. The van der Waals surface area contributed by atoms with Gasteiger partial charge in [0.15, 0.2) is 0 Å². The topological polar surface area (TPSA) is 66.1 Å². The molecule has 164 valence electrons. The van der Waals surface area contributed by atoms with Crippen LogP contribution in [0.25, 0.3) is 22.4 Å². The minimum atomic E-state index is -3.66. The van der Waals surface area contributed by atoms with E-state index in [9.17, 15) is 8.42 Å². The number of imidazole rings is 1. The minimum Gasteiger partial charge on any atom is -0.338 e. The molecule has 1 heterocycles. The van der Waals surface area contributed by atoms with E-state index < -0.39 is 10.0 Å². The maximum absolute atomic E-state index is 13.4. The Morgan fingerprint density at radius 3 is 2.47 bits per heavy atom. The number of sulfonamides is 1. The van der Waals surface area contributed by atoms with Gasteiger partial charge in [-0.2, -0.15) is 0 Å². The van der Waals surface area contributed by atoms with Crippen LogP contribution in [0.3, 0.4) is 0 Å². The minimum absolute atomic E-state index is 0.0390. The Balaban J connectivity index is 1.76. The molecule has 0 saturated heterocycles. The first-order valence-electron chi connectivity index (χ1n) is 9.98. The molecule has 0 aliphatic heterocycles. The van der Waals surface area contributed by atoms with Gasteiger partial charge in [0.05, 0.1) is 29.0 Å². The fraction of sp³-hybridized carbons (Fsp3) is 0.125. The molecule has 1 aromatic heterocycles. The summed E-state index contributed by atoms with van der Waals surface area (Å²) < 4.78 is 28.1. The summed E-state index contributed by atoms with van der Waals surface area (Å²) in [5, 5.41) is 1.05. The van der Waals surface area contributed by atoms with Crippen LogP contribution in [0.15, 0.2) is 79.4 Å². The van der Waals surface area contributed by atoms with Gasteiger partial charge in [0, 0.05) is 15.6 Å². The largest absolute Gasteiger partial charge is 0.338 e. The van der Waals surface area contributed by atoms with E-state index in [-0.39, 0.29) is 12.3 Å². The summed E-state index contributed by atoms with van der Waals surface area (Å²) in [5.74, 6) is 0.468. The summed E-state index contributed by atoms with van der Waals surface area (Å²) in [4.78, 5) is 7.85. The Morgan fingerprint density at radius 1 is 1.00 bits per heavy atom. The Kier molecular flexibility index (Phi) is 6.55. The van der Waals surface area contributed by atoms with Gasteiger partial charge in [0.25, 0.3) is 0 Å². The smallest absolute Gasteiger partial charge is 0.235 e. The molecule has 0 unspecified atom stereocenters. The number of anilines is 1. The monoisotopic (exact) mass is 485 g/mol. The van der Waals surface area contributed by atoms with Gasteiger partial charge in [-0.15, -0.1) is 6.58 Å². The van der Waals surface area contributed by atoms with E-state index in [2.05, 4.69) is 16.5 Å². The van der Waals surface area contributed by atoms with Crippen LogP contribution >= 0.6 is 23.2 Å². The molecule has 0 aliphatic carbocycles. The lowest BCUT2D eigenvalue weighted by Crippen LogP contribution is -2.34. The third kappa shape index (κ3) is 4.83. The summed E-state index contributed by atoms with van der Waals surface area (Å²) in [6, 6.07) is 19.9. The first kappa shape index (κ1) is 22.4. The van der Waals surface area contributed by atoms with Gasteiger partial charge < -0.3 is 4.98 Å². The number of halogens is 2. The number of hydrogen-bond acceptors (Lipinski definition) is 3. The van der Waals surface area contributed by atoms with Crippen molar-refractivity contribution in [1.82, 2.24) is 9.97 Å². The van der Waals surface area contributed by atoms with Crippen LogP contribution in [0, 0.1) is 0 Å². The Hall–Kier alpha value is -2.80. The summed E-state index contributed by atoms with van der Waals surface area (Å²) in [7, 11) is -3.66. The predicted octanol–water partition coefficient (Wildman–Crippen LogP) is 6.10. The van der Waals surface area contributed by atoms with Gasteiger partial charge >= 0.3 is 0 Å². The highest BCUT2D eigenvalue weighted by molar-refractivity contribution is 7.92. The summed E-state index contributed by atoms with van der Waals surface area (Å²) >= 11 is 12.4. The normalized spacial score (nSPS) is 11.6. The summed E-state index contributed by atoms with van der Waals surface area (Å²) in [5.41, 5.74) is 3.49. The molecule has 0 saturated carbocycles. The van der Waals surface area contributed by atoms with Crippen LogP contribution in [0.1, 0.15) is 5.56 Å². The number of nitrogens with zero attached hydrogens (tertiary/aromatic N) is 2. The van der Waals surface area contributed by atoms with Crippen molar-refractivity contribution in [2.45, 2.75) is 6.42 Å². The molecule has 32 heavy (non-hydrogen) atoms. The average Bonchev–Trinajstić information content (AvgIpc) is 3.20. The molecule has 1 N–H and O–H groups in total. The molecule has 3 aromatic carbocycles. The molecule has 4 aromatic rings. The third-order valence-electron chi connectivity index (χ3n) is 5.05. The molecule has 4 rings (SSSR count). The van der Waals surface area contributed by atoms with Crippen molar-refractivity contribution in [2.75, 3.05) is 16.6 Å². The zero-order chi connectivity index (χ0) is 22.7. The average molecular weight is 486 g/mol. The van der Waals surface area contributed by atoms with Crippen LogP contribution in [0.5, 0.6) is 0 Å². The molecule has 0 spiro atoms. The second kappa shape index (κ2) is 9.36. The second-order valence-electron chi connectivity index (χ2n) is 7.28. The number of benzene rings is 3. The highest BCUT2D eigenvalue weighted by Gasteiger charge is 2.25. The Morgan fingerprint density at radius 2 is 1.72 bits per heavy atom. The number of aromatic nitrogens is 2. The quantitative estimate of drug-likeness (QED) is 0.306. The van der Waals surface area contributed by atoms with E-state index in [0.717, 1.165) is 16.6 Å². The van der Waals surface area contributed by atoms with E-state index in [0.29, 0.717) is 33.5 Å². The summed E-state index contributed by atoms with van der Waals surface area (Å²) in [6.07, 6.45) is 1.97. The lowest BCUT2D eigenvalue weighted by Gasteiger charge is -2.25. The molecule has 5 nitrogen and oxygen atoms in total. The van der Waals surface area contributed by atoms with Gasteiger partial charge in [0.2, 0.25) is 10.0 Å². The van der Waals surface area contributed by atoms with Crippen LogP contribution in [-0.2, 0) is 16.4 Å². The van der Waals surface area contributed by atoms with Gasteiger partial charge in [0.1, 0.15) is 5.82 Å². The van der Waals surface area contributed by atoms with Crippen molar-refractivity contribution in [3.63, 3.8) is 0 Å². The van der Waals surface area contributed by atoms with Crippen molar-refractivity contribution in [3.8, 4) is 11.4 Å². The lowest BCUT2D eigenvalue weighted by molar-refractivity contribution is 0.592. The Labute approximate surface area is 197 Å². The van der Waals surface area contributed by atoms with E-state index >= 15 is 0 Å². The number of hydrogen-bond donors (Lipinski definition) is 1. The first-order valence-corrected chi connectivity index (χ1v) is 12.3. The van der Waals surface area contributed by atoms with Gasteiger partial charge in [-0.25, -0.2) is 13.4 Å². The van der Waals surface area contributed by atoms with E-state index in [1.165, 1.54) is 4.31 Å². The summed E-state index contributed by atoms with van der Waals surface area (Å²) in [6.45, 7) is 3.87. The molecule has 0 atom stereocenters. The fourth-order valence-corrected chi connectivity index (χ4v) is 5.36. The molecule has 0 fully saturated rings. The van der Waals surface area contributed by atoms with Gasteiger partial charge in [-0.3, -0.25) is 4.31 Å². The molecular formula is C24H21Cl2N3O2S. The second-order valence-corrected chi connectivity index (χ2v) is 10.2. The van der Waals surface area contributed by atoms with Gasteiger partial charge in [-0.1, -0.05) is 59.6 Å². The SMILES string of the molecule is C=CCN(c1ccc(Cl)cc1-c1nc2ccc(Cl)cc2[nH]1)S(=O)(=O)CCc1ccccc1. The van der Waals surface area contributed by atoms with Crippen LogP contribution in [0.2, 0.25) is 10.0 Å². The number of fused-ring (bicyclic) bond motifs is 1. The van der Waals surface area contributed by atoms with Crippen LogP contribution in [-0.4, -0.2) is 30.7 Å². The molecule has 0 bridgehead atoms. The van der Waals surface area contributed by atoms with Crippen molar-refractivity contribution in [1.29, 1.82) is 0 Å². The number of rotatable bonds is 8. The van der Waals surface area contributed by atoms with Gasteiger partial charge in [-0.05, 0) is 48.4 Å². The number of nitrogens with one attached hydrogen (secondary N) is 1. The van der Waals surface area contributed by atoms with Crippen LogP contribution in [0.4, 0.5) is 5.69 Å². The highest BCUT2D eigenvalue weighted by Crippen LogP contribution is 2.35.